The molecular weight excluding hydrogens is 462 g/mol. The van der Waals surface area contributed by atoms with E-state index in [0.717, 1.165) is 57.1 Å². The molecule has 7 atom stereocenters. The molecule has 5 heteroatoms. The first-order valence-electron chi connectivity index (χ1n) is 14.5. The van der Waals surface area contributed by atoms with Crippen molar-refractivity contribution in [3.05, 3.63) is 29.2 Å². The van der Waals surface area contributed by atoms with Gasteiger partial charge in [-0.25, -0.2) is 0 Å². The van der Waals surface area contributed by atoms with Gasteiger partial charge in [0.05, 0.1) is 19.7 Å². The summed E-state index contributed by atoms with van der Waals surface area (Å²) in [5.41, 5.74) is 2.49. The first-order valence-corrected chi connectivity index (χ1v) is 14.5. The van der Waals surface area contributed by atoms with Crippen LogP contribution in [0.4, 0.5) is 0 Å². The van der Waals surface area contributed by atoms with Crippen molar-refractivity contribution in [2.75, 3.05) is 7.11 Å². The number of nitrogens with zero attached hydrogens (tertiary/aromatic N) is 1. The van der Waals surface area contributed by atoms with E-state index in [1.165, 1.54) is 18.2 Å². The maximum Gasteiger partial charge on any atom is 0.306 e. The zero-order chi connectivity index (χ0) is 26.6. The van der Waals surface area contributed by atoms with Gasteiger partial charge in [-0.3, -0.25) is 9.59 Å². The molecule has 37 heavy (non-hydrogen) atoms. The Hall–Kier alpha value is -1.91. The molecule has 6 rings (SSSR count). The Balaban J connectivity index is 1.44. The van der Waals surface area contributed by atoms with Crippen LogP contribution in [0.1, 0.15) is 104 Å². The SMILES string of the molecule is COC(=O)CC12CCC3C(C(=O)C=C4C3(C)CCC3C4(C)Cc4cnoc4C3(C)C)C1CC(C)(C)CC2. The van der Waals surface area contributed by atoms with Crippen LogP contribution in [0.3, 0.4) is 0 Å². The maximum atomic E-state index is 14.3. The average molecular weight is 508 g/mol. The Morgan fingerprint density at radius 1 is 1.03 bits per heavy atom. The van der Waals surface area contributed by atoms with E-state index in [4.69, 9.17) is 9.26 Å². The molecular formula is C32H45NO4. The number of hydrogen-bond acceptors (Lipinski definition) is 5. The quantitative estimate of drug-likeness (QED) is 0.410. The number of ether oxygens (including phenoxy) is 1. The smallest absolute Gasteiger partial charge is 0.306 e. The lowest BCUT2D eigenvalue weighted by atomic mass is 9.38. The Morgan fingerprint density at radius 3 is 2.51 bits per heavy atom. The van der Waals surface area contributed by atoms with E-state index in [0.29, 0.717) is 24.0 Å². The number of allylic oxidation sites excluding steroid dienone is 2. The lowest BCUT2D eigenvalue weighted by molar-refractivity contribution is -0.161. The number of carbonyl (C=O) groups excluding carboxylic acids is 2. The molecule has 1 aromatic heterocycles. The molecule has 0 saturated heterocycles. The van der Waals surface area contributed by atoms with E-state index in [9.17, 15) is 9.59 Å². The minimum atomic E-state index is -0.115. The number of rotatable bonds is 2. The largest absolute Gasteiger partial charge is 0.469 e. The van der Waals surface area contributed by atoms with Gasteiger partial charge in [-0.1, -0.05) is 52.3 Å². The molecule has 0 amide bonds. The van der Waals surface area contributed by atoms with Crippen LogP contribution in [-0.2, 0) is 26.2 Å². The normalized spacial score (nSPS) is 43.3. The van der Waals surface area contributed by atoms with Gasteiger partial charge in [0.1, 0.15) is 5.76 Å². The maximum absolute atomic E-state index is 14.3. The van der Waals surface area contributed by atoms with Crippen LogP contribution in [0, 0.1) is 45.3 Å². The van der Waals surface area contributed by atoms with E-state index in [1.54, 1.807) is 0 Å². The Bertz CT molecular complexity index is 1180. The summed E-state index contributed by atoms with van der Waals surface area (Å²) in [4.78, 5) is 27.0. The Morgan fingerprint density at radius 2 is 1.78 bits per heavy atom. The third kappa shape index (κ3) is 3.37. The number of fused-ring (bicyclic) bond motifs is 8. The van der Waals surface area contributed by atoms with Gasteiger partial charge in [0, 0.05) is 16.9 Å². The lowest BCUT2D eigenvalue weighted by Gasteiger charge is -2.65. The van der Waals surface area contributed by atoms with E-state index < -0.39 is 0 Å². The van der Waals surface area contributed by atoms with Crippen LogP contribution in [-0.4, -0.2) is 24.0 Å². The van der Waals surface area contributed by atoms with Crippen LogP contribution in [0.5, 0.6) is 0 Å². The van der Waals surface area contributed by atoms with E-state index in [2.05, 4.69) is 52.8 Å². The van der Waals surface area contributed by atoms with Crippen molar-refractivity contribution in [3.63, 3.8) is 0 Å². The van der Waals surface area contributed by atoms with Gasteiger partial charge in [0.15, 0.2) is 5.78 Å². The van der Waals surface area contributed by atoms with Gasteiger partial charge >= 0.3 is 5.97 Å². The summed E-state index contributed by atoms with van der Waals surface area (Å²) >= 11 is 0. The van der Waals surface area contributed by atoms with Crippen molar-refractivity contribution in [2.45, 2.75) is 105 Å². The minimum Gasteiger partial charge on any atom is -0.469 e. The topological polar surface area (TPSA) is 69.4 Å². The highest BCUT2D eigenvalue weighted by Gasteiger charge is 2.66. The van der Waals surface area contributed by atoms with Crippen LogP contribution >= 0.6 is 0 Å². The molecule has 0 spiro atoms. The van der Waals surface area contributed by atoms with Gasteiger partial charge in [-0.2, -0.15) is 0 Å². The first-order chi connectivity index (χ1) is 17.3. The molecule has 0 bridgehead atoms. The summed E-state index contributed by atoms with van der Waals surface area (Å²) in [7, 11) is 1.50. The molecule has 0 aliphatic heterocycles. The second-order valence-electron chi connectivity index (χ2n) is 15.2. The van der Waals surface area contributed by atoms with Gasteiger partial charge < -0.3 is 9.26 Å². The molecule has 5 aliphatic carbocycles. The zero-order valence-corrected chi connectivity index (χ0v) is 23.9. The standard InChI is InChI=1S/C32H45NO4/c1-28(2)12-13-32(17-25(35)36-7)11-8-20-26(21(32)16-28)22(34)14-24-30(20,5)10-9-23-29(3,4)27-19(18-33-37-27)15-31(23,24)6/h14,18,20-21,23,26H,8-13,15-17H2,1-7H3. The molecule has 5 nitrogen and oxygen atoms in total. The number of carbonyl (C=O) groups is 2. The monoisotopic (exact) mass is 507 g/mol. The molecule has 202 valence electrons. The molecule has 1 aromatic rings. The Labute approximate surface area is 222 Å². The molecule has 0 radical (unpaired) electrons. The van der Waals surface area contributed by atoms with Crippen molar-refractivity contribution in [3.8, 4) is 0 Å². The van der Waals surface area contributed by atoms with Gasteiger partial charge in [0.2, 0.25) is 0 Å². The molecule has 3 fully saturated rings. The predicted molar refractivity (Wildman–Crippen MR) is 142 cm³/mol. The van der Waals surface area contributed by atoms with Gasteiger partial charge in [-0.15, -0.1) is 0 Å². The molecule has 7 unspecified atom stereocenters. The summed E-state index contributed by atoms with van der Waals surface area (Å²) in [5, 5.41) is 4.19. The van der Waals surface area contributed by atoms with E-state index in [1.807, 2.05) is 6.20 Å². The second kappa shape index (κ2) is 7.82. The summed E-state index contributed by atoms with van der Waals surface area (Å²) in [6.45, 7) is 14.2. The van der Waals surface area contributed by atoms with Gasteiger partial charge in [-0.05, 0) is 96.9 Å². The number of esters is 1. The van der Waals surface area contributed by atoms with Crippen LogP contribution < -0.4 is 0 Å². The fourth-order valence-electron chi connectivity index (χ4n) is 10.7. The van der Waals surface area contributed by atoms with Crippen LogP contribution in [0.2, 0.25) is 0 Å². The summed E-state index contributed by atoms with van der Waals surface area (Å²) in [6, 6.07) is 0. The molecule has 1 heterocycles. The van der Waals surface area contributed by atoms with Crippen molar-refractivity contribution >= 4 is 11.8 Å². The fourth-order valence-corrected chi connectivity index (χ4v) is 10.7. The zero-order valence-electron chi connectivity index (χ0n) is 23.9. The second-order valence-corrected chi connectivity index (χ2v) is 15.2. The summed E-state index contributed by atoms with van der Waals surface area (Å²) in [5.74, 6) is 2.26. The third-order valence-electron chi connectivity index (χ3n) is 12.4. The molecule has 0 aromatic carbocycles. The van der Waals surface area contributed by atoms with Gasteiger partial charge in [0.25, 0.3) is 0 Å². The summed E-state index contributed by atoms with van der Waals surface area (Å²) in [6.07, 6.45) is 12.8. The molecule has 5 aliphatic rings. The average Bonchev–Trinajstić information content (AvgIpc) is 3.29. The lowest BCUT2D eigenvalue weighted by Crippen LogP contribution is -2.61. The highest BCUT2D eigenvalue weighted by Crippen LogP contribution is 2.71. The van der Waals surface area contributed by atoms with Crippen molar-refractivity contribution in [1.82, 2.24) is 5.16 Å². The number of hydrogen-bond donors (Lipinski definition) is 0. The number of methoxy groups -OCH3 is 1. The molecule has 0 N–H and O–H groups in total. The predicted octanol–water partition coefficient (Wildman–Crippen LogP) is 6.84. The molecule has 3 saturated carbocycles. The third-order valence-corrected chi connectivity index (χ3v) is 12.4. The highest BCUT2D eigenvalue weighted by atomic mass is 16.5. The Kier molecular flexibility index (Phi) is 5.36. The van der Waals surface area contributed by atoms with Crippen molar-refractivity contribution < 1.29 is 18.8 Å². The number of aromatic nitrogens is 1. The van der Waals surface area contributed by atoms with Crippen LogP contribution in [0.15, 0.2) is 22.4 Å². The number of ketones is 1. The van der Waals surface area contributed by atoms with Crippen molar-refractivity contribution in [2.24, 2.45) is 45.3 Å². The highest BCUT2D eigenvalue weighted by molar-refractivity contribution is 5.95. The fraction of sp³-hybridized carbons (Fsp3) is 0.781. The van der Waals surface area contributed by atoms with Crippen LogP contribution in [0.25, 0.3) is 0 Å². The van der Waals surface area contributed by atoms with E-state index in [-0.39, 0.29) is 44.9 Å². The first kappa shape index (κ1) is 25.4. The minimum absolute atomic E-state index is 0.00753. The van der Waals surface area contributed by atoms with E-state index >= 15 is 0 Å². The van der Waals surface area contributed by atoms with Crippen molar-refractivity contribution in [1.29, 1.82) is 0 Å². The summed E-state index contributed by atoms with van der Waals surface area (Å²) < 4.78 is 11.0.